The van der Waals surface area contributed by atoms with Gasteiger partial charge in [0.2, 0.25) is 0 Å². The SMILES string of the molecule is CCCCc1c(CCCc2cncn2C)cnn1-c1ncc(Cl)c(-c2cccs2)n1. The number of thiophene rings is 1. The molecule has 30 heavy (non-hydrogen) atoms. The van der Waals surface area contributed by atoms with Crippen LogP contribution in [0.2, 0.25) is 5.02 Å². The van der Waals surface area contributed by atoms with E-state index in [1.807, 2.05) is 48.0 Å². The number of aromatic nitrogens is 6. The Bertz CT molecular complexity index is 1100. The molecule has 156 valence electrons. The maximum absolute atomic E-state index is 6.38. The normalized spacial score (nSPS) is 11.3. The summed E-state index contributed by atoms with van der Waals surface area (Å²) in [7, 11) is 2.04. The number of aryl methyl sites for hydroxylation is 3. The fourth-order valence-electron chi connectivity index (χ4n) is 3.53. The molecule has 0 bridgehead atoms. The fraction of sp³-hybridized carbons (Fsp3) is 0.364. The molecular formula is C22H25ClN6S. The van der Waals surface area contributed by atoms with E-state index in [0.717, 1.165) is 49.1 Å². The van der Waals surface area contributed by atoms with E-state index in [-0.39, 0.29) is 0 Å². The van der Waals surface area contributed by atoms with Gasteiger partial charge in [-0.05, 0) is 49.1 Å². The van der Waals surface area contributed by atoms with E-state index in [1.165, 1.54) is 17.0 Å². The second kappa shape index (κ2) is 9.53. The highest BCUT2D eigenvalue weighted by atomic mass is 35.5. The van der Waals surface area contributed by atoms with E-state index in [1.54, 1.807) is 17.5 Å². The smallest absolute Gasteiger partial charge is 0.251 e. The van der Waals surface area contributed by atoms with Crippen molar-refractivity contribution in [2.24, 2.45) is 7.05 Å². The summed E-state index contributed by atoms with van der Waals surface area (Å²) in [6.45, 7) is 2.20. The zero-order chi connectivity index (χ0) is 20.9. The Labute approximate surface area is 185 Å². The standard InChI is InChI=1S/C22H25ClN6S/c1-3-4-9-19-16(7-5-8-17-13-24-15-28(17)2)12-26-29(19)22-25-14-18(23)21(27-22)20-10-6-11-30-20/h6,10-15H,3-5,7-9H2,1-2H3. The highest BCUT2D eigenvalue weighted by Gasteiger charge is 2.16. The summed E-state index contributed by atoms with van der Waals surface area (Å²) < 4.78 is 3.97. The summed E-state index contributed by atoms with van der Waals surface area (Å²) in [5, 5.41) is 7.24. The second-order valence-corrected chi connectivity index (χ2v) is 8.68. The first kappa shape index (κ1) is 20.8. The molecule has 4 aromatic heterocycles. The summed E-state index contributed by atoms with van der Waals surface area (Å²) >= 11 is 8.00. The number of hydrogen-bond donors (Lipinski definition) is 0. The van der Waals surface area contributed by atoms with Gasteiger partial charge in [-0.3, -0.25) is 0 Å². The molecule has 0 aromatic carbocycles. The zero-order valence-electron chi connectivity index (χ0n) is 17.3. The Morgan fingerprint density at radius 2 is 2.00 bits per heavy atom. The molecule has 0 amide bonds. The quantitative estimate of drug-likeness (QED) is 0.354. The molecule has 0 unspecified atom stereocenters. The molecule has 0 aliphatic rings. The molecule has 0 radical (unpaired) electrons. The lowest BCUT2D eigenvalue weighted by Crippen LogP contribution is -2.09. The Kier molecular flexibility index (Phi) is 6.59. The summed E-state index contributed by atoms with van der Waals surface area (Å²) in [6, 6.07) is 4.02. The van der Waals surface area contributed by atoms with E-state index >= 15 is 0 Å². The molecule has 0 aliphatic heterocycles. The first-order valence-corrected chi connectivity index (χ1v) is 11.5. The monoisotopic (exact) mass is 440 g/mol. The van der Waals surface area contributed by atoms with Crippen molar-refractivity contribution in [3.8, 4) is 16.5 Å². The van der Waals surface area contributed by atoms with Gasteiger partial charge in [0.05, 0.1) is 34.3 Å². The third-order valence-corrected chi connectivity index (χ3v) is 6.35. The molecule has 0 N–H and O–H groups in total. The molecule has 4 heterocycles. The summed E-state index contributed by atoms with van der Waals surface area (Å²) in [4.78, 5) is 14.5. The average Bonchev–Trinajstić information content (AvgIpc) is 3.49. The van der Waals surface area contributed by atoms with Gasteiger partial charge in [-0.15, -0.1) is 11.3 Å². The van der Waals surface area contributed by atoms with Crippen molar-refractivity contribution < 1.29 is 0 Å². The van der Waals surface area contributed by atoms with Gasteiger partial charge in [0.25, 0.3) is 5.95 Å². The van der Waals surface area contributed by atoms with Crippen LogP contribution >= 0.6 is 22.9 Å². The van der Waals surface area contributed by atoms with Gasteiger partial charge >= 0.3 is 0 Å². The van der Waals surface area contributed by atoms with E-state index in [4.69, 9.17) is 16.6 Å². The third kappa shape index (κ3) is 4.47. The molecule has 4 aromatic rings. The van der Waals surface area contributed by atoms with Gasteiger partial charge in [-0.1, -0.05) is 31.0 Å². The number of imidazole rings is 1. The molecule has 0 saturated heterocycles. The van der Waals surface area contributed by atoms with Crippen molar-refractivity contribution in [2.45, 2.75) is 45.4 Å². The second-order valence-electron chi connectivity index (χ2n) is 7.33. The lowest BCUT2D eigenvalue weighted by Gasteiger charge is -2.10. The number of halogens is 1. The third-order valence-electron chi connectivity index (χ3n) is 5.19. The van der Waals surface area contributed by atoms with E-state index in [0.29, 0.717) is 11.0 Å². The Morgan fingerprint density at radius 3 is 2.73 bits per heavy atom. The lowest BCUT2D eigenvalue weighted by molar-refractivity contribution is 0.693. The van der Waals surface area contributed by atoms with Crippen LogP contribution in [0.25, 0.3) is 16.5 Å². The number of rotatable bonds is 9. The molecule has 6 nitrogen and oxygen atoms in total. The van der Waals surface area contributed by atoms with Crippen molar-refractivity contribution >= 4 is 22.9 Å². The highest BCUT2D eigenvalue weighted by Crippen LogP contribution is 2.30. The van der Waals surface area contributed by atoms with Crippen molar-refractivity contribution in [2.75, 3.05) is 0 Å². The van der Waals surface area contributed by atoms with E-state index in [9.17, 15) is 0 Å². The summed E-state index contributed by atoms with van der Waals surface area (Å²) in [5.41, 5.74) is 4.47. The molecule has 0 atom stereocenters. The lowest BCUT2D eigenvalue weighted by atomic mass is 10.0. The summed E-state index contributed by atoms with van der Waals surface area (Å²) in [5.74, 6) is 0.576. The van der Waals surface area contributed by atoms with Crippen LogP contribution in [0.4, 0.5) is 0 Å². The maximum Gasteiger partial charge on any atom is 0.251 e. The molecular weight excluding hydrogens is 416 g/mol. The van der Waals surface area contributed by atoms with Crippen LogP contribution < -0.4 is 0 Å². The first-order chi connectivity index (χ1) is 14.7. The summed E-state index contributed by atoms with van der Waals surface area (Å²) in [6.07, 6.45) is 13.6. The van der Waals surface area contributed by atoms with Crippen LogP contribution in [0.1, 0.15) is 43.1 Å². The minimum absolute atomic E-state index is 0.555. The van der Waals surface area contributed by atoms with Gasteiger partial charge in [0, 0.05) is 18.9 Å². The van der Waals surface area contributed by atoms with E-state index < -0.39 is 0 Å². The molecule has 0 saturated carbocycles. The van der Waals surface area contributed by atoms with Gasteiger partial charge < -0.3 is 4.57 Å². The molecule has 4 rings (SSSR count). The van der Waals surface area contributed by atoms with Crippen molar-refractivity contribution in [3.05, 3.63) is 64.4 Å². The number of hydrogen-bond acceptors (Lipinski definition) is 5. The van der Waals surface area contributed by atoms with Crippen molar-refractivity contribution in [1.82, 2.24) is 29.3 Å². The van der Waals surface area contributed by atoms with Crippen LogP contribution in [0.3, 0.4) is 0 Å². The van der Waals surface area contributed by atoms with E-state index in [2.05, 4.69) is 26.6 Å². The number of unbranched alkanes of at least 4 members (excludes halogenated alkanes) is 1. The van der Waals surface area contributed by atoms with Crippen LogP contribution in [0.5, 0.6) is 0 Å². The number of nitrogens with zero attached hydrogens (tertiary/aromatic N) is 6. The van der Waals surface area contributed by atoms with Gasteiger partial charge in [0.15, 0.2) is 0 Å². The highest BCUT2D eigenvalue weighted by molar-refractivity contribution is 7.13. The van der Waals surface area contributed by atoms with Crippen LogP contribution in [0, 0.1) is 0 Å². The minimum atomic E-state index is 0.555. The predicted molar refractivity (Wildman–Crippen MR) is 121 cm³/mol. The van der Waals surface area contributed by atoms with Crippen LogP contribution in [-0.2, 0) is 26.3 Å². The fourth-order valence-corrected chi connectivity index (χ4v) is 4.51. The Hall–Kier alpha value is -2.51. The van der Waals surface area contributed by atoms with Gasteiger partial charge in [0.1, 0.15) is 5.69 Å². The van der Waals surface area contributed by atoms with Crippen molar-refractivity contribution in [1.29, 1.82) is 0 Å². The zero-order valence-corrected chi connectivity index (χ0v) is 18.8. The largest absolute Gasteiger partial charge is 0.338 e. The minimum Gasteiger partial charge on any atom is -0.338 e. The topological polar surface area (TPSA) is 61.4 Å². The van der Waals surface area contributed by atoms with Crippen LogP contribution in [-0.4, -0.2) is 29.3 Å². The molecule has 0 fully saturated rings. The van der Waals surface area contributed by atoms with Crippen molar-refractivity contribution in [3.63, 3.8) is 0 Å². The Morgan fingerprint density at radius 1 is 1.10 bits per heavy atom. The predicted octanol–water partition coefficient (Wildman–Crippen LogP) is 5.30. The van der Waals surface area contributed by atoms with Gasteiger partial charge in [-0.2, -0.15) is 5.10 Å². The Balaban J connectivity index is 1.60. The molecule has 8 heteroatoms. The first-order valence-electron chi connectivity index (χ1n) is 10.2. The average molecular weight is 441 g/mol. The van der Waals surface area contributed by atoms with Crippen LogP contribution in [0.15, 0.2) is 42.4 Å². The molecule has 0 spiro atoms. The maximum atomic E-state index is 6.38. The molecule has 0 aliphatic carbocycles. The van der Waals surface area contributed by atoms with Gasteiger partial charge in [-0.25, -0.2) is 19.6 Å².